The van der Waals surface area contributed by atoms with E-state index in [-0.39, 0.29) is 23.0 Å². The highest BCUT2D eigenvalue weighted by molar-refractivity contribution is 5.77. The number of nitrogens with two attached hydrogens (primary N) is 1. The Bertz CT molecular complexity index is 983. The third-order valence-corrected chi connectivity index (χ3v) is 4.90. The van der Waals surface area contributed by atoms with Crippen LogP contribution in [0.3, 0.4) is 0 Å². The van der Waals surface area contributed by atoms with Gasteiger partial charge >= 0.3 is 0 Å². The van der Waals surface area contributed by atoms with Crippen molar-refractivity contribution in [2.75, 3.05) is 13.1 Å². The third-order valence-electron chi connectivity index (χ3n) is 4.90. The van der Waals surface area contributed by atoms with Gasteiger partial charge in [0.25, 0.3) is 0 Å². The summed E-state index contributed by atoms with van der Waals surface area (Å²) >= 11 is 0. The highest BCUT2D eigenvalue weighted by Crippen LogP contribution is 2.28. The maximum Gasteiger partial charge on any atom is 0.196 e. The van der Waals surface area contributed by atoms with Gasteiger partial charge in [-0.25, -0.2) is 4.39 Å². The molecule has 4 nitrogen and oxygen atoms in total. The summed E-state index contributed by atoms with van der Waals surface area (Å²) in [6, 6.07) is 13.7. The summed E-state index contributed by atoms with van der Waals surface area (Å²) in [5.74, 6) is 0.343. The number of halogens is 1. The molecule has 3 N–H and O–H groups in total. The molecule has 0 radical (unpaired) electrons. The molecule has 0 aliphatic rings. The van der Waals surface area contributed by atoms with Crippen LogP contribution in [0.2, 0.25) is 0 Å². The van der Waals surface area contributed by atoms with Gasteiger partial charge in [0.05, 0.1) is 11.4 Å². The quantitative estimate of drug-likeness (QED) is 0.574. The summed E-state index contributed by atoms with van der Waals surface area (Å²) in [6.07, 6.45) is 1.29. The predicted octanol–water partition coefficient (Wildman–Crippen LogP) is 4.16. The van der Waals surface area contributed by atoms with Crippen molar-refractivity contribution in [1.82, 2.24) is 5.32 Å². The first-order valence-corrected chi connectivity index (χ1v) is 9.73. The first-order chi connectivity index (χ1) is 13.5. The number of hydrogen-bond acceptors (Lipinski definition) is 4. The van der Waals surface area contributed by atoms with E-state index in [1.54, 1.807) is 0 Å². The summed E-state index contributed by atoms with van der Waals surface area (Å²) in [6.45, 7) is 5.45. The van der Waals surface area contributed by atoms with Crippen LogP contribution in [0.1, 0.15) is 43.2 Å². The lowest BCUT2D eigenvalue weighted by Crippen LogP contribution is -2.30. The average molecular weight is 382 g/mol. The number of hydrogen-bond donors (Lipinski definition) is 2. The van der Waals surface area contributed by atoms with Gasteiger partial charge in [-0.05, 0) is 43.1 Å². The van der Waals surface area contributed by atoms with Gasteiger partial charge in [0, 0.05) is 18.1 Å². The van der Waals surface area contributed by atoms with E-state index in [0.717, 1.165) is 18.5 Å². The average Bonchev–Trinajstić information content (AvgIpc) is 2.68. The molecule has 0 saturated carbocycles. The molecule has 0 spiro atoms. The van der Waals surface area contributed by atoms with Crippen LogP contribution in [0.15, 0.2) is 57.7 Å². The molecule has 5 heteroatoms. The summed E-state index contributed by atoms with van der Waals surface area (Å²) < 4.78 is 19.9. The minimum Gasteiger partial charge on any atom is -0.459 e. The van der Waals surface area contributed by atoms with Crippen molar-refractivity contribution >= 4 is 11.0 Å². The van der Waals surface area contributed by atoms with Gasteiger partial charge in [-0.15, -0.1) is 0 Å². The van der Waals surface area contributed by atoms with E-state index in [0.29, 0.717) is 29.7 Å². The van der Waals surface area contributed by atoms with Crippen molar-refractivity contribution < 1.29 is 8.81 Å². The molecule has 1 atom stereocenters. The lowest BCUT2D eigenvalue weighted by Gasteiger charge is -2.24. The zero-order chi connectivity index (χ0) is 20.1. The molecule has 3 aromatic rings. The van der Waals surface area contributed by atoms with Gasteiger partial charge < -0.3 is 15.5 Å². The van der Waals surface area contributed by atoms with E-state index < -0.39 is 5.82 Å². The largest absolute Gasteiger partial charge is 0.459 e. The molecule has 148 valence electrons. The van der Waals surface area contributed by atoms with Crippen molar-refractivity contribution in [3.05, 3.63) is 81.5 Å². The Kier molecular flexibility index (Phi) is 6.60. The molecule has 0 fully saturated rings. The number of fused-ring (bicyclic) bond motifs is 1. The first kappa shape index (κ1) is 20.2. The van der Waals surface area contributed by atoms with Gasteiger partial charge in [0.15, 0.2) is 5.43 Å². The molecule has 1 aromatic heterocycles. The smallest absolute Gasteiger partial charge is 0.196 e. The van der Waals surface area contributed by atoms with Crippen molar-refractivity contribution in [1.29, 1.82) is 0 Å². The highest BCUT2D eigenvalue weighted by Gasteiger charge is 2.25. The lowest BCUT2D eigenvalue weighted by molar-refractivity contribution is 0.341. The zero-order valence-electron chi connectivity index (χ0n) is 16.4. The second-order valence-corrected chi connectivity index (χ2v) is 7.39. The van der Waals surface area contributed by atoms with E-state index >= 15 is 0 Å². The highest BCUT2D eigenvalue weighted by atomic mass is 19.1. The topological polar surface area (TPSA) is 68.3 Å². The van der Waals surface area contributed by atoms with E-state index in [1.165, 1.54) is 18.2 Å². The van der Waals surface area contributed by atoms with Gasteiger partial charge in [-0.1, -0.05) is 44.2 Å². The Morgan fingerprint density at radius 2 is 1.89 bits per heavy atom. The number of benzene rings is 2. The Morgan fingerprint density at radius 3 is 2.57 bits per heavy atom. The molecular weight excluding hydrogens is 355 g/mol. The molecule has 3 rings (SSSR count). The van der Waals surface area contributed by atoms with Crippen LogP contribution in [-0.4, -0.2) is 13.1 Å². The van der Waals surface area contributed by atoms with E-state index in [1.807, 2.05) is 30.3 Å². The molecule has 0 aliphatic carbocycles. The number of rotatable bonds is 8. The molecule has 1 heterocycles. The zero-order valence-corrected chi connectivity index (χ0v) is 16.4. The maximum atomic E-state index is 13.8. The first-order valence-electron chi connectivity index (χ1n) is 9.73. The SMILES string of the molecule is CC(C)C(NCCCN)c1oc2cc(F)ccc2c(=O)c1Cc1ccccc1. The molecule has 2 aromatic carbocycles. The molecular formula is C23H27FN2O2. The van der Waals surface area contributed by atoms with Crippen LogP contribution in [0, 0.1) is 11.7 Å². The molecule has 28 heavy (non-hydrogen) atoms. The summed E-state index contributed by atoms with van der Waals surface area (Å²) in [5, 5.41) is 3.87. The van der Waals surface area contributed by atoms with Gasteiger partial charge in [-0.3, -0.25) is 4.79 Å². The lowest BCUT2D eigenvalue weighted by atomic mass is 9.93. The molecule has 0 aliphatic heterocycles. The van der Waals surface area contributed by atoms with Crippen LogP contribution >= 0.6 is 0 Å². The normalized spacial score (nSPS) is 12.6. The van der Waals surface area contributed by atoms with Crippen molar-refractivity contribution in [3.63, 3.8) is 0 Å². The van der Waals surface area contributed by atoms with Gasteiger partial charge in [0.1, 0.15) is 17.2 Å². The van der Waals surface area contributed by atoms with Crippen LogP contribution < -0.4 is 16.5 Å². The molecule has 0 saturated heterocycles. The predicted molar refractivity (Wildman–Crippen MR) is 111 cm³/mol. The Morgan fingerprint density at radius 1 is 1.14 bits per heavy atom. The fourth-order valence-electron chi connectivity index (χ4n) is 3.43. The monoisotopic (exact) mass is 382 g/mol. The van der Waals surface area contributed by atoms with Gasteiger partial charge in [0.2, 0.25) is 0 Å². The van der Waals surface area contributed by atoms with E-state index in [2.05, 4.69) is 19.2 Å². The van der Waals surface area contributed by atoms with Crippen molar-refractivity contribution in [3.8, 4) is 0 Å². The van der Waals surface area contributed by atoms with Gasteiger partial charge in [-0.2, -0.15) is 0 Å². The summed E-state index contributed by atoms with van der Waals surface area (Å²) in [5.41, 5.74) is 7.44. The Balaban J connectivity index is 2.16. The van der Waals surface area contributed by atoms with Crippen molar-refractivity contribution in [2.24, 2.45) is 11.7 Å². The third kappa shape index (κ3) is 4.49. The van der Waals surface area contributed by atoms with Crippen molar-refractivity contribution in [2.45, 2.75) is 32.7 Å². The molecule has 0 bridgehead atoms. The second-order valence-electron chi connectivity index (χ2n) is 7.39. The molecule has 1 unspecified atom stereocenters. The fraction of sp³-hybridized carbons (Fsp3) is 0.348. The maximum absolute atomic E-state index is 13.8. The summed E-state index contributed by atoms with van der Waals surface area (Å²) in [7, 11) is 0. The van der Waals surface area contributed by atoms with E-state index in [4.69, 9.17) is 10.2 Å². The van der Waals surface area contributed by atoms with E-state index in [9.17, 15) is 9.18 Å². The standard InChI is InChI=1S/C23H27FN2O2/c1-15(2)21(26-12-6-11-25)23-19(13-16-7-4-3-5-8-16)22(27)18-10-9-17(24)14-20(18)28-23/h3-5,7-10,14-15,21,26H,6,11-13,25H2,1-2H3. The number of nitrogens with one attached hydrogen (secondary N) is 1. The minimum absolute atomic E-state index is 0.105. The fourth-order valence-corrected chi connectivity index (χ4v) is 3.43. The van der Waals surface area contributed by atoms with Crippen LogP contribution in [0.4, 0.5) is 4.39 Å². The van der Waals surface area contributed by atoms with Crippen LogP contribution in [0.5, 0.6) is 0 Å². The molecule has 0 amide bonds. The minimum atomic E-state index is -0.422. The summed E-state index contributed by atoms with van der Waals surface area (Å²) in [4.78, 5) is 13.3. The Hall–Kier alpha value is -2.50. The second kappa shape index (κ2) is 9.13. The Labute approximate surface area is 164 Å². The van der Waals surface area contributed by atoms with Crippen LogP contribution in [0.25, 0.3) is 11.0 Å². The van der Waals surface area contributed by atoms with Crippen LogP contribution in [-0.2, 0) is 6.42 Å².